The van der Waals surface area contributed by atoms with Gasteiger partial charge in [-0.05, 0) is 17.7 Å². The van der Waals surface area contributed by atoms with Gasteiger partial charge in [-0.15, -0.1) is 11.8 Å². The summed E-state index contributed by atoms with van der Waals surface area (Å²) in [5.74, 6) is 0.793. The first-order chi connectivity index (χ1) is 15.9. The number of anilines is 1. The molecule has 8 nitrogen and oxygen atoms in total. The molecule has 0 aliphatic heterocycles. The van der Waals surface area contributed by atoms with Crippen molar-refractivity contribution >= 4 is 23.5 Å². The Hall–Kier alpha value is -3.85. The normalized spacial score (nSPS) is 11.0. The van der Waals surface area contributed by atoms with Gasteiger partial charge in [-0.1, -0.05) is 55.4 Å². The van der Waals surface area contributed by atoms with Crippen LogP contribution in [-0.4, -0.2) is 26.3 Å². The summed E-state index contributed by atoms with van der Waals surface area (Å²) in [6.45, 7) is 4.76. The molecule has 0 radical (unpaired) electrons. The number of nitrogens with zero attached hydrogens (tertiary/aromatic N) is 4. The third kappa shape index (κ3) is 5.50. The van der Waals surface area contributed by atoms with E-state index in [4.69, 9.17) is 26.7 Å². The van der Waals surface area contributed by atoms with Gasteiger partial charge in [0.15, 0.2) is 23.2 Å². The van der Waals surface area contributed by atoms with Gasteiger partial charge < -0.3 is 21.7 Å². The van der Waals surface area contributed by atoms with Crippen LogP contribution in [0.25, 0.3) is 34.0 Å². The lowest BCUT2D eigenvalue weighted by molar-refractivity contribution is 0.434. The van der Waals surface area contributed by atoms with E-state index in [1.165, 1.54) is 4.90 Å². The van der Waals surface area contributed by atoms with Crippen molar-refractivity contribution in [3.63, 3.8) is 0 Å². The Balaban J connectivity index is 1.57. The fraction of sp³-hybridized carbons (Fsp3) is 0.167. The molecule has 0 bridgehead atoms. The van der Waals surface area contributed by atoms with Gasteiger partial charge in [0, 0.05) is 27.3 Å². The average Bonchev–Trinajstić information content (AvgIpc) is 3.28. The molecular formula is C24H25N7OS. The largest absolute Gasteiger partial charge is 0.382 e. The highest BCUT2D eigenvalue weighted by Gasteiger charge is 2.15. The van der Waals surface area contributed by atoms with Crippen LogP contribution in [0, 0.1) is 0 Å². The van der Waals surface area contributed by atoms with Crippen molar-refractivity contribution in [3.8, 4) is 34.0 Å². The molecule has 0 fully saturated rings. The second-order valence-electron chi connectivity index (χ2n) is 7.69. The third-order valence-corrected chi connectivity index (χ3v) is 5.78. The molecule has 9 heteroatoms. The third-order valence-electron chi connectivity index (χ3n) is 4.76. The number of hydrogen-bond donors (Lipinski definition) is 3. The molecule has 0 aliphatic carbocycles. The van der Waals surface area contributed by atoms with Gasteiger partial charge in [-0.25, -0.2) is 15.0 Å². The lowest BCUT2D eigenvalue weighted by Crippen LogP contribution is -2.22. The number of hydrogen-bond acceptors (Lipinski definition) is 7. The van der Waals surface area contributed by atoms with Crippen molar-refractivity contribution in [1.82, 2.24) is 15.1 Å². The lowest BCUT2D eigenvalue weighted by atomic mass is 10.1. The minimum absolute atomic E-state index is 0.0616. The summed E-state index contributed by atoms with van der Waals surface area (Å²) >= 11 is 1.81. The van der Waals surface area contributed by atoms with E-state index < -0.39 is 0 Å². The first-order valence-corrected chi connectivity index (χ1v) is 11.3. The van der Waals surface area contributed by atoms with Crippen LogP contribution in [0.5, 0.6) is 0 Å². The Labute approximate surface area is 196 Å². The monoisotopic (exact) mass is 459 g/mol. The number of benzene rings is 2. The van der Waals surface area contributed by atoms with Gasteiger partial charge >= 0.3 is 0 Å². The molecule has 0 spiro atoms. The molecule has 0 aliphatic rings. The molecule has 0 saturated carbocycles. The molecule has 2 aromatic carbocycles. The molecular weight excluding hydrogens is 434 g/mol. The van der Waals surface area contributed by atoms with E-state index in [1.807, 2.05) is 48.2 Å². The maximum atomic E-state index is 6.11. The molecule has 2 heterocycles. The van der Waals surface area contributed by atoms with Crippen molar-refractivity contribution in [2.24, 2.45) is 16.5 Å². The van der Waals surface area contributed by atoms with Gasteiger partial charge in [0.1, 0.15) is 5.69 Å². The van der Waals surface area contributed by atoms with Gasteiger partial charge in [-0.3, -0.25) is 0 Å². The second-order valence-corrected chi connectivity index (χ2v) is 9.34. The number of nitrogens with two attached hydrogens (primary N) is 3. The van der Waals surface area contributed by atoms with E-state index in [2.05, 4.69) is 41.1 Å². The summed E-state index contributed by atoms with van der Waals surface area (Å²) in [6, 6.07) is 17.8. The molecule has 168 valence electrons. The molecule has 33 heavy (non-hydrogen) atoms. The Kier molecular flexibility index (Phi) is 6.60. The Bertz CT molecular complexity index is 1260. The van der Waals surface area contributed by atoms with E-state index >= 15 is 0 Å². The van der Waals surface area contributed by atoms with Crippen molar-refractivity contribution in [3.05, 3.63) is 66.4 Å². The Morgan fingerprint density at radius 2 is 1.67 bits per heavy atom. The summed E-state index contributed by atoms with van der Waals surface area (Å²) < 4.78 is 5.56. The van der Waals surface area contributed by atoms with Gasteiger partial charge in [-0.2, -0.15) is 0 Å². The zero-order valence-corrected chi connectivity index (χ0v) is 19.2. The maximum Gasteiger partial charge on any atom is 0.189 e. The summed E-state index contributed by atoms with van der Waals surface area (Å²) in [5.41, 5.74) is 21.5. The van der Waals surface area contributed by atoms with Gasteiger partial charge in [0.25, 0.3) is 0 Å². The Morgan fingerprint density at radius 3 is 2.33 bits per heavy atom. The summed E-state index contributed by atoms with van der Waals surface area (Å²) in [4.78, 5) is 14.2. The van der Waals surface area contributed by atoms with Crippen LogP contribution in [0.2, 0.25) is 0 Å². The highest BCUT2D eigenvalue weighted by atomic mass is 32.2. The molecule has 4 aromatic rings. The zero-order chi connectivity index (χ0) is 23.4. The number of aromatic nitrogens is 3. The van der Waals surface area contributed by atoms with Crippen LogP contribution in [0.1, 0.15) is 19.4 Å². The fourth-order valence-corrected chi connectivity index (χ4v) is 4.02. The Morgan fingerprint density at radius 1 is 1.00 bits per heavy atom. The van der Waals surface area contributed by atoms with E-state index in [-0.39, 0.29) is 11.8 Å². The number of aliphatic imine (C=N–C) groups is 1. The molecule has 4 rings (SSSR count). The molecule has 0 atom stereocenters. The van der Waals surface area contributed by atoms with E-state index in [1.54, 1.807) is 12.3 Å². The van der Waals surface area contributed by atoms with Crippen LogP contribution in [-0.2, 0) is 6.54 Å². The smallest absolute Gasteiger partial charge is 0.189 e. The molecule has 0 unspecified atom stereocenters. The topological polar surface area (TPSA) is 142 Å². The van der Waals surface area contributed by atoms with Crippen molar-refractivity contribution < 1.29 is 4.52 Å². The second kappa shape index (κ2) is 9.74. The molecule has 0 saturated heterocycles. The maximum absolute atomic E-state index is 6.11. The summed E-state index contributed by atoms with van der Waals surface area (Å²) in [7, 11) is 0. The number of rotatable bonds is 7. The van der Waals surface area contributed by atoms with E-state index in [0.717, 1.165) is 16.7 Å². The predicted molar refractivity (Wildman–Crippen MR) is 133 cm³/mol. The summed E-state index contributed by atoms with van der Waals surface area (Å²) in [5, 5.41) is 4.70. The number of guanidine groups is 1. The molecule has 2 aromatic heterocycles. The van der Waals surface area contributed by atoms with Crippen LogP contribution < -0.4 is 17.2 Å². The van der Waals surface area contributed by atoms with Gasteiger partial charge in [0.05, 0.1) is 18.4 Å². The number of nitrogen functional groups attached to an aromatic ring is 1. The van der Waals surface area contributed by atoms with Crippen molar-refractivity contribution in [1.29, 1.82) is 0 Å². The van der Waals surface area contributed by atoms with E-state index in [9.17, 15) is 0 Å². The molecule has 0 amide bonds. The number of thioether (sulfide) groups is 1. The van der Waals surface area contributed by atoms with E-state index in [0.29, 0.717) is 34.6 Å². The van der Waals surface area contributed by atoms with Crippen LogP contribution in [0.4, 0.5) is 5.82 Å². The highest BCUT2D eigenvalue weighted by Crippen LogP contribution is 2.31. The minimum atomic E-state index is 0.0616. The minimum Gasteiger partial charge on any atom is -0.382 e. The average molecular weight is 460 g/mol. The lowest BCUT2D eigenvalue weighted by Gasteiger charge is -2.07. The van der Waals surface area contributed by atoms with Crippen molar-refractivity contribution in [2.45, 2.75) is 30.5 Å². The van der Waals surface area contributed by atoms with Crippen LogP contribution >= 0.6 is 11.8 Å². The summed E-state index contributed by atoms with van der Waals surface area (Å²) in [6.07, 6.45) is 1.66. The van der Waals surface area contributed by atoms with Gasteiger partial charge in [0.2, 0.25) is 0 Å². The SMILES string of the molecule is CC(C)Sc1ccc(-c2cnc(N)c(-c3cc(-c4ccc(CN=C(N)N)cc4)no3)n2)cc1. The highest BCUT2D eigenvalue weighted by molar-refractivity contribution is 7.99. The predicted octanol–water partition coefficient (Wildman–Crippen LogP) is 4.32. The molecule has 6 N–H and O–H groups in total. The zero-order valence-electron chi connectivity index (χ0n) is 18.4. The first kappa shape index (κ1) is 22.3. The van der Waals surface area contributed by atoms with Crippen LogP contribution in [0.3, 0.4) is 0 Å². The van der Waals surface area contributed by atoms with Crippen molar-refractivity contribution in [2.75, 3.05) is 5.73 Å². The quantitative estimate of drug-likeness (QED) is 0.211. The fourth-order valence-electron chi connectivity index (χ4n) is 3.18. The standard InChI is InChI=1S/C24H25N7OS/c1-14(2)33-18-9-7-17(8-10-18)20-13-28-23(25)22(30-20)21-11-19(31-32-21)16-5-3-15(4-6-16)12-29-24(26)27/h3-11,13-14H,12H2,1-2H3,(H2,25,28)(H4,26,27,29). The first-order valence-electron chi connectivity index (χ1n) is 10.4. The van der Waals surface area contributed by atoms with Crippen LogP contribution in [0.15, 0.2) is 75.2 Å².